The molecule has 0 aliphatic carbocycles. The fourth-order valence-electron chi connectivity index (χ4n) is 3.66. The van der Waals surface area contributed by atoms with Crippen LogP contribution in [0.4, 0.5) is 0 Å². The van der Waals surface area contributed by atoms with Gasteiger partial charge in [-0.15, -0.1) is 0 Å². The third-order valence-electron chi connectivity index (χ3n) is 5.20. The molecule has 0 unspecified atom stereocenters. The molecule has 0 N–H and O–H groups in total. The predicted octanol–water partition coefficient (Wildman–Crippen LogP) is 1.80. The topological polar surface area (TPSA) is 81.2 Å². The second kappa shape index (κ2) is 7.46. The maximum absolute atomic E-state index is 12.9. The van der Waals surface area contributed by atoms with E-state index in [9.17, 15) is 4.79 Å². The van der Waals surface area contributed by atoms with Crippen molar-refractivity contribution in [2.45, 2.75) is 25.8 Å². The average Bonchev–Trinajstić information content (AvgIpc) is 3.31. The molecule has 1 amide bonds. The Labute approximate surface area is 167 Å². The lowest BCUT2D eigenvalue weighted by atomic mass is 10.1. The molecule has 0 radical (unpaired) electrons. The van der Waals surface area contributed by atoms with Crippen LogP contribution in [0.5, 0.6) is 0 Å². The molecule has 146 valence electrons. The minimum atomic E-state index is -0.0782. The Morgan fingerprint density at radius 2 is 1.90 bits per heavy atom. The first kappa shape index (κ1) is 17.5. The van der Waals surface area contributed by atoms with Crippen LogP contribution >= 0.6 is 0 Å². The van der Waals surface area contributed by atoms with E-state index in [1.54, 1.807) is 29.0 Å². The van der Waals surface area contributed by atoms with Crippen molar-refractivity contribution in [3.05, 3.63) is 77.8 Å². The molecule has 4 aromatic rings. The first-order valence-electron chi connectivity index (χ1n) is 9.82. The number of amides is 1. The Hall–Kier alpha value is -3.55. The molecule has 0 spiro atoms. The van der Waals surface area contributed by atoms with Gasteiger partial charge in [0.2, 0.25) is 0 Å². The van der Waals surface area contributed by atoms with E-state index in [1.807, 2.05) is 15.6 Å². The third-order valence-corrected chi connectivity index (χ3v) is 5.20. The van der Waals surface area contributed by atoms with Crippen molar-refractivity contribution in [2.24, 2.45) is 0 Å². The van der Waals surface area contributed by atoms with E-state index in [0.717, 1.165) is 24.5 Å². The van der Waals surface area contributed by atoms with Gasteiger partial charge in [-0.1, -0.05) is 30.3 Å². The molecule has 29 heavy (non-hydrogen) atoms. The molecule has 0 saturated heterocycles. The zero-order valence-corrected chi connectivity index (χ0v) is 16.0. The number of nitrogens with zero attached hydrogens (tertiary/aromatic N) is 7. The van der Waals surface area contributed by atoms with Crippen LogP contribution in [-0.2, 0) is 25.8 Å². The van der Waals surface area contributed by atoms with Gasteiger partial charge >= 0.3 is 0 Å². The molecule has 8 nitrogen and oxygen atoms in total. The smallest absolute Gasteiger partial charge is 0.274 e. The number of rotatable bonds is 4. The lowest BCUT2D eigenvalue weighted by Gasteiger charge is -2.18. The van der Waals surface area contributed by atoms with E-state index in [1.165, 1.54) is 5.56 Å². The number of fused-ring (bicyclic) bond motifs is 2. The van der Waals surface area contributed by atoms with Crippen molar-refractivity contribution in [3.63, 3.8) is 0 Å². The number of aryl methyl sites for hydroxylation is 2. The lowest BCUT2D eigenvalue weighted by molar-refractivity contribution is 0.0752. The van der Waals surface area contributed by atoms with Crippen LogP contribution in [0.2, 0.25) is 0 Å². The summed E-state index contributed by atoms with van der Waals surface area (Å²) in [5.41, 5.74) is 2.37. The molecule has 8 heteroatoms. The lowest BCUT2D eigenvalue weighted by Crippen LogP contribution is -2.34. The van der Waals surface area contributed by atoms with E-state index < -0.39 is 0 Å². The number of aromatic nitrogens is 6. The molecule has 4 heterocycles. The summed E-state index contributed by atoms with van der Waals surface area (Å²) in [5.74, 6) is 1.74. The monoisotopic (exact) mass is 387 g/mol. The Balaban J connectivity index is 1.25. The van der Waals surface area contributed by atoms with Gasteiger partial charge in [-0.2, -0.15) is 10.2 Å². The van der Waals surface area contributed by atoms with Gasteiger partial charge in [0, 0.05) is 44.4 Å². The standard InChI is InChI=1S/C21H21N7O/c29-21(17-15-20-22-10-4-11-27(20)24-17)26-12-9-19-23-18(25-28(19)14-13-26)8-7-16-5-2-1-3-6-16/h1-6,10-11,15H,7-9,12-14H2. The van der Waals surface area contributed by atoms with E-state index in [0.29, 0.717) is 37.4 Å². The maximum atomic E-state index is 12.9. The van der Waals surface area contributed by atoms with Crippen molar-refractivity contribution in [3.8, 4) is 0 Å². The van der Waals surface area contributed by atoms with Crippen molar-refractivity contribution in [2.75, 3.05) is 13.1 Å². The van der Waals surface area contributed by atoms with Crippen molar-refractivity contribution in [1.82, 2.24) is 34.3 Å². The molecule has 0 atom stereocenters. The fraction of sp³-hybridized carbons (Fsp3) is 0.286. The van der Waals surface area contributed by atoms with E-state index >= 15 is 0 Å². The average molecular weight is 387 g/mol. The third kappa shape index (κ3) is 3.61. The van der Waals surface area contributed by atoms with Gasteiger partial charge in [0.25, 0.3) is 5.91 Å². The number of carbonyl (C=O) groups excluding carboxylic acids is 1. The minimum Gasteiger partial charge on any atom is -0.335 e. The number of hydrogen-bond donors (Lipinski definition) is 0. The summed E-state index contributed by atoms with van der Waals surface area (Å²) in [6.45, 7) is 1.84. The Kier molecular flexibility index (Phi) is 4.51. The summed E-state index contributed by atoms with van der Waals surface area (Å²) in [6, 6.07) is 13.9. The SMILES string of the molecule is O=C(c1cc2ncccn2n1)N1CCc2nc(CCc3ccccc3)nn2CC1. The summed E-state index contributed by atoms with van der Waals surface area (Å²) in [5, 5.41) is 9.01. The normalized spacial score (nSPS) is 14.0. The molecule has 1 aliphatic rings. The Morgan fingerprint density at radius 3 is 2.76 bits per heavy atom. The van der Waals surface area contributed by atoms with Gasteiger partial charge in [-0.05, 0) is 18.1 Å². The minimum absolute atomic E-state index is 0.0782. The number of carbonyl (C=O) groups is 1. The van der Waals surface area contributed by atoms with Crippen LogP contribution < -0.4 is 0 Å². The van der Waals surface area contributed by atoms with E-state index in [-0.39, 0.29) is 5.91 Å². The summed E-state index contributed by atoms with van der Waals surface area (Å²) in [7, 11) is 0. The fourth-order valence-corrected chi connectivity index (χ4v) is 3.66. The predicted molar refractivity (Wildman–Crippen MR) is 106 cm³/mol. The van der Waals surface area contributed by atoms with Crippen molar-refractivity contribution >= 4 is 11.6 Å². The zero-order chi connectivity index (χ0) is 19.6. The largest absolute Gasteiger partial charge is 0.335 e. The highest BCUT2D eigenvalue weighted by Crippen LogP contribution is 2.13. The molecule has 3 aromatic heterocycles. The van der Waals surface area contributed by atoms with Gasteiger partial charge in [0.05, 0.1) is 6.54 Å². The van der Waals surface area contributed by atoms with Gasteiger partial charge < -0.3 is 4.90 Å². The highest BCUT2D eigenvalue weighted by atomic mass is 16.2. The molecule has 1 aliphatic heterocycles. The van der Waals surface area contributed by atoms with Crippen LogP contribution in [0.25, 0.3) is 5.65 Å². The van der Waals surface area contributed by atoms with Gasteiger partial charge in [0.15, 0.2) is 17.2 Å². The van der Waals surface area contributed by atoms with E-state index in [2.05, 4.69) is 39.4 Å². The number of hydrogen-bond acceptors (Lipinski definition) is 5. The van der Waals surface area contributed by atoms with Crippen LogP contribution in [0.15, 0.2) is 54.9 Å². The highest BCUT2D eigenvalue weighted by Gasteiger charge is 2.23. The molecular weight excluding hydrogens is 366 g/mol. The first-order chi connectivity index (χ1) is 14.3. The number of benzene rings is 1. The highest BCUT2D eigenvalue weighted by molar-refractivity contribution is 5.93. The van der Waals surface area contributed by atoms with Gasteiger partial charge in [0.1, 0.15) is 5.82 Å². The second-order valence-corrected chi connectivity index (χ2v) is 7.15. The van der Waals surface area contributed by atoms with E-state index in [4.69, 9.17) is 4.98 Å². The first-order valence-corrected chi connectivity index (χ1v) is 9.82. The maximum Gasteiger partial charge on any atom is 0.274 e. The molecule has 1 aromatic carbocycles. The van der Waals surface area contributed by atoms with Crippen molar-refractivity contribution < 1.29 is 4.79 Å². The summed E-state index contributed by atoms with van der Waals surface area (Å²) < 4.78 is 3.56. The molecular formula is C21H21N7O. The summed E-state index contributed by atoms with van der Waals surface area (Å²) >= 11 is 0. The van der Waals surface area contributed by atoms with Gasteiger partial charge in [-0.25, -0.2) is 19.2 Å². The second-order valence-electron chi connectivity index (χ2n) is 7.15. The van der Waals surface area contributed by atoms with Crippen LogP contribution in [0.3, 0.4) is 0 Å². The molecule has 0 bridgehead atoms. The quantitative estimate of drug-likeness (QED) is 0.533. The molecule has 5 rings (SSSR count). The Morgan fingerprint density at radius 1 is 1.00 bits per heavy atom. The van der Waals surface area contributed by atoms with Crippen LogP contribution in [0, 0.1) is 0 Å². The zero-order valence-electron chi connectivity index (χ0n) is 16.0. The van der Waals surface area contributed by atoms with Gasteiger partial charge in [-0.3, -0.25) is 4.79 Å². The molecule has 0 saturated carbocycles. The van der Waals surface area contributed by atoms with Crippen LogP contribution in [-0.4, -0.2) is 53.3 Å². The summed E-state index contributed by atoms with van der Waals surface area (Å²) in [6.07, 6.45) is 5.92. The summed E-state index contributed by atoms with van der Waals surface area (Å²) in [4.78, 5) is 23.7. The Bertz CT molecular complexity index is 1090. The van der Waals surface area contributed by atoms with Crippen LogP contribution in [0.1, 0.15) is 27.7 Å². The molecule has 0 fully saturated rings. The van der Waals surface area contributed by atoms with Crippen molar-refractivity contribution in [1.29, 1.82) is 0 Å².